The van der Waals surface area contributed by atoms with Crippen LogP contribution in [0.5, 0.6) is 0 Å². The molecule has 112 valence electrons. The zero-order chi connectivity index (χ0) is 15.0. The van der Waals surface area contributed by atoms with Crippen molar-refractivity contribution in [2.75, 3.05) is 13.1 Å². The maximum Gasteiger partial charge on any atom is 0.245 e. The van der Waals surface area contributed by atoms with E-state index in [1.54, 1.807) is 4.90 Å². The van der Waals surface area contributed by atoms with Crippen molar-refractivity contribution in [3.63, 3.8) is 0 Å². The Hall–Kier alpha value is -1.84. The predicted molar refractivity (Wildman–Crippen MR) is 80.9 cm³/mol. The van der Waals surface area contributed by atoms with Crippen molar-refractivity contribution in [2.24, 2.45) is 5.92 Å². The van der Waals surface area contributed by atoms with Crippen molar-refractivity contribution >= 4 is 11.8 Å². The third kappa shape index (κ3) is 2.80. The molecular weight excluding hydrogens is 264 g/mol. The molecule has 1 aromatic carbocycles. The quantitative estimate of drug-likeness (QED) is 0.916. The SMILES string of the molecule is CC(C)CC1NC(=O)CN(CC2Cc3ccccc32)C1=O. The molecule has 0 spiro atoms. The lowest BCUT2D eigenvalue weighted by molar-refractivity contribution is -0.145. The van der Waals surface area contributed by atoms with E-state index in [9.17, 15) is 9.59 Å². The Bertz CT molecular complexity index is 568. The van der Waals surface area contributed by atoms with Gasteiger partial charge in [0, 0.05) is 12.5 Å². The molecule has 0 aromatic heterocycles. The van der Waals surface area contributed by atoms with Crippen LogP contribution >= 0.6 is 0 Å². The van der Waals surface area contributed by atoms with Gasteiger partial charge in [-0.05, 0) is 29.9 Å². The first-order chi connectivity index (χ1) is 10.0. The number of hydrogen-bond donors (Lipinski definition) is 1. The number of rotatable bonds is 4. The van der Waals surface area contributed by atoms with E-state index in [4.69, 9.17) is 0 Å². The third-order valence-electron chi connectivity index (χ3n) is 4.39. The summed E-state index contributed by atoms with van der Waals surface area (Å²) in [6.45, 7) is 5.01. The van der Waals surface area contributed by atoms with Crippen LogP contribution in [0.1, 0.15) is 37.3 Å². The molecule has 1 saturated heterocycles. The number of carbonyl (C=O) groups is 2. The van der Waals surface area contributed by atoms with Crippen LogP contribution in [0.3, 0.4) is 0 Å². The number of benzene rings is 1. The molecule has 3 rings (SSSR count). The van der Waals surface area contributed by atoms with Crippen molar-refractivity contribution in [3.8, 4) is 0 Å². The van der Waals surface area contributed by atoms with Gasteiger partial charge in [0.25, 0.3) is 0 Å². The Balaban J connectivity index is 1.68. The highest BCUT2D eigenvalue weighted by atomic mass is 16.2. The van der Waals surface area contributed by atoms with Crippen LogP contribution in [-0.4, -0.2) is 35.8 Å². The molecule has 1 aromatic rings. The summed E-state index contributed by atoms with van der Waals surface area (Å²) in [5.41, 5.74) is 2.70. The zero-order valence-corrected chi connectivity index (χ0v) is 12.6. The lowest BCUT2D eigenvalue weighted by atomic mass is 9.77. The largest absolute Gasteiger partial charge is 0.343 e. The lowest BCUT2D eigenvalue weighted by Gasteiger charge is -2.38. The van der Waals surface area contributed by atoms with E-state index in [1.165, 1.54) is 11.1 Å². The normalized spacial score (nSPS) is 24.6. The summed E-state index contributed by atoms with van der Waals surface area (Å²) in [6, 6.07) is 8.01. The molecule has 4 nitrogen and oxygen atoms in total. The molecule has 2 aliphatic rings. The number of nitrogens with zero attached hydrogens (tertiary/aromatic N) is 1. The summed E-state index contributed by atoms with van der Waals surface area (Å²) in [5, 5.41) is 2.83. The van der Waals surface area contributed by atoms with Gasteiger partial charge in [-0.3, -0.25) is 9.59 Å². The van der Waals surface area contributed by atoms with E-state index in [2.05, 4.69) is 31.3 Å². The van der Waals surface area contributed by atoms with Crippen molar-refractivity contribution in [1.29, 1.82) is 0 Å². The summed E-state index contributed by atoms with van der Waals surface area (Å²) in [5.74, 6) is 0.819. The second-order valence-corrected chi connectivity index (χ2v) is 6.57. The number of piperazine rings is 1. The van der Waals surface area contributed by atoms with Crippen molar-refractivity contribution in [1.82, 2.24) is 10.2 Å². The van der Waals surface area contributed by atoms with Crippen LogP contribution in [0.15, 0.2) is 24.3 Å². The van der Waals surface area contributed by atoms with Gasteiger partial charge in [-0.15, -0.1) is 0 Å². The summed E-state index contributed by atoms with van der Waals surface area (Å²) in [6.07, 6.45) is 1.72. The number of hydrogen-bond acceptors (Lipinski definition) is 2. The van der Waals surface area contributed by atoms with Gasteiger partial charge in [-0.25, -0.2) is 0 Å². The topological polar surface area (TPSA) is 49.4 Å². The van der Waals surface area contributed by atoms with Crippen LogP contribution in [0, 0.1) is 5.92 Å². The molecule has 2 atom stereocenters. The van der Waals surface area contributed by atoms with Gasteiger partial charge in [-0.1, -0.05) is 38.1 Å². The van der Waals surface area contributed by atoms with Crippen LogP contribution < -0.4 is 5.32 Å². The Labute approximate surface area is 125 Å². The number of nitrogens with one attached hydrogen (secondary N) is 1. The van der Waals surface area contributed by atoms with Gasteiger partial charge in [0.15, 0.2) is 0 Å². The smallest absolute Gasteiger partial charge is 0.245 e. The predicted octanol–water partition coefficient (Wildman–Crippen LogP) is 1.70. The van der Waals surface area contributed by atoms with E-state index >= 15 is 0 Å². The Kier molecular flexibility index (Phi) is 3.70. The molecule has 21 heavy (non-hydrogen) atoms. The summed E-state index contributed by atoms with van der Waals surface area (Å²) in [4.78, 5) is 26.1. The lowest BCUT2D eigenvalue weighted by Crippen LogP contribution is -2.59. The molecule has 1 aliphatic carbocycles. The van der Waals surface area contributed by atoms with E-state index < -0.39 is 0 Å². The summed E-state index contributed by atoms with van der Waals surface area (Å²) in [7, 11) is 0. The van der Waals surface area contributed by atoms with E-state index in [0.29, 0.717) is 24.8 Å². The molecule has 0 bridgehead atoms. The number of amides is 2. The third-order valence-corrected chi connectivity index (χ3v) is 4.39. The highest BCUT2D eigenvalue weighted by Crippen LogP contribution is 2.35. The Morgan fingerprint density at radius 1 is 1.29 bits per heavy atom. The van der Waals surface area contributed by atoms with Gasteiger partial charge in [0.1, 0.15) is 6.04 Å². The average Bonchev–Trinajstić information content (AvgIpc) is 2.40. The highest BCUT2D eigenvalue weighted by molar-refractivity contribution is 5.94. The maximum atomic E-state index is 12.5. The zero-order valence-electron chi connectivity index (χ0n) is 12.6. The van der Waals surface area contributed by atoms with Gasteiger partial charge >= 0.3 is 0 Å². The second kappa shape index (κ2) is 5.51. The molecule has 1 fully saturated rings. The molecule has 0 radical (unpaired) electrons. The minimum absolute atomic E-state index is 0.0344. The molecule has 1 heterocycles. The first-order valence-electron chi connectivity index (χ1n) is 7.70. The second-order valence-electron chi connectivity index (χ2n) is 6.57. The molecule has 4 heteroatoms. The fraction of sp³-hybridized carbons (Fsp3) is 0.529. The molecule has 0 saturated carbocycles. The molecular formula is C17H22N2O2. The maximum absolute atomic E-state index is 12.5. The van der Waals surface area contributed by atoms with E-state index in [0.717, 1.165) is 6.42 Å². The van der Waals surface area contributed by atoms with E-state index in [1.807, 2.05) is 12.1 Å². The minimum Gasteiger partial charge on any atom is -0.343 e. The Morgan fingerprint density at radius 2 is 2.05 bits per heavy atom. The van der Waals surface area contributed by atoms with Crippen molar-refractivity contribution in [2.45, 2.75) is 38.6 Å². The molecule has 1 aliphatic heterocycles. The first-order valence-corrected chi connectivity index (χ1v) is 7.70. The van der Waals surface area contributed by atoms with Crippen LogP contribution in [0.2, 0.25) is 0 Å². The highest BCUT2D eigenvalue weighted by Gasteiger charge is 2.36. The first kappa shape index (κ1) is 14.1. The van der Waals surface area contributed by atoms with Crippen LogP contribution in [-0.2, 0) is 16.0 Å². The fourth-order valence-electron chi connectivity index (χ4n) is 3.35. The van der Waals surface area contributed by atoms with Crippen molar-refractivity contribution < 1.29 is 9.59 Å². The minimum atomic E-state index is -0.346. The van der Waals surface area contributed by atoms with Gasteiger partial charge < -0.3 is 10.2 Å². The standard InChI is InChI=1S/C17H22N2O2/c1-11(2)7-15-17(21)19(10-16(20)18-15)9-13-8-12-5-3-4-6-14(12)13/h3-6,11,13,15H,7-10H2,1-2H3,(H,18,20). The van der Waals surface area contributed by atoms with E-state index in [-0.39, 0.29) is 24.4 Å². The molecule has 2 unspecified atom stereocenters. The number of fused-ring (bicyclic) bond motifs is 1. The van der Waals surface area contributed by atoms with Gasteiger partial charge in [0.2, 0.25) is 11.8 Å². The average molecular weight is 286 g/mol. The molecule has 1 N–H and O–H groups in total. The van der Waals surface area contributed by atoms with Gasteiger partial charge in [-0.2, -0.15) is 0 Å². The van der Waals surface area contributed by atoms with Crippen LogP contribution in [0.4, 0.5) is 0 Å². The fourth-order valence-corrected chi connectivity index (χ4v) is 3.35. The summed E-state index contributed by atoms with van der Waals surface area (Å²) < 4.78 is 0. The van der Waals surface area contributed by atoms with Crippen molar-refractivity contribution in [3.05, 3.63) is 35.4 Å². The van der Waals surface area contributed by atoms with Gasteiger partial charge in [0.05, 0.1) is 6.54 Å². The monoisotopic (exact) mass is 286 g/mol. The van der Waals surface area contributed by atoms with Crippen LogP contribution in [0.25, 0.3) is 0 Å². The number of carbonyl (C=O) groups excluding carboxylic acids is 2. The molecule has 2 amide bonds. The summed E-state index contributed by atoms with van der Waals surface area (Å²) >= 11 is 0. The Morgan fingerprint density at radius 3 is 2.76 bits per heavy atom.